The molecule has 0 aliphatic heterocycles. The van der Waals surface area contributed by atoms with Crippen LogP contribution in [0.3, 0.4) is 0 Å². The minimum Gasteiger partial charge on any atom is -1.00 e. The number of allylic oxidation sites excluding steroid dienone is 8. The van der Waals surface area contributed by atoms with E-state index >= 15 is 0 Å². The predicted molar refractivity (Wildman–Crippen MR) is 80.3 cm³/mol. The van der Waals surface area contributed by atoms with Crippen molar-refractivity contribution in [1.29, 1.82) is 0 Å². The van der Waals surface area contributed by atoms with E-state index in [4.69, 9.17) is 0 Å². The van der Waals surface area contributed by atoms with Crippen LogP contribution in [0, 0.1) is 12.2 Å². The second-order valence-electron chi connectivity index (χ2n) is 4.10. The first-order chi connectivity index (χ1) is 8.35. The van der Waals surface area contributed by atoms with Crippen LogP contribution in [0.25, 0.3) is 0 Å². The Morgan fingerprint density at radius 1 is 0.800 bits per heavy atom. The Hall–Kier alpha value is 0.787. The molecule has 0 spiro atoms. The number of rotatable bonds is 3. The van der Waals surface area contributed by atoms with Gasteiger partial charge in [-0.25, -0.2) is 24.3 Å². The topological polar surface area (TPSA) is 0 Å². The second-order valence-corrected chi connectivity index (χ2v) is 8.28. The van der Waals surface area contributed by atoms with E-state index in [0.29, 0.717) is 0 Å². The fraction of sp³-hybridized carbons (Fsp3) is 0.500. The molecule has 0 nitrogen and oxygen atoms in total. The summed E-state index contributed by atoms with van der Waals surface area (Å²) in [5.41, 5.74) is 0. The molecule has 20 heavy (non-hydrogen) atoms. The van der Waals surface area contributed by atoms with Gasteiger partial charge in [-0.2, -0.15) is 12.2 Å². The van der Waals surface area contributed by atoms with Gasteiger partial charge in [-0.05, 0) is 0 Å². The van der Waals surface area contributed by atoms with Crippen LogP contribution >= 0.6 is 0 Å². The van der Waals surface area contributed by atoms with E-state index in [-0.39, 0.29) is 60.7 Å². The largest absolute Gasteiger partial charge is 4.00 e. The second kappa shape index (κ2) is 24.8. The van der Waals surface area contributed by atoms with Gasteiger partial charge in [-0.1, -0.05) is 36.6 Å². The van der Waals surface area contributed by atoms with Crippen LogP contribution < -0.4 is 24.8 Å². The zero-order valence-corrected chi connectivity index (χ0v) is 17.1. The fourth-order valence-electron chi connectivity index (χ4n) is 1.55. The molecule has 0 heterocycles. The maximum atomic E-state index is 2.99. The Morgan fingerprint density at radius 2 is 1.15 bits per heavy atom. The van der Waals surface area contributed by atoms with E-state index in [9.17, 15) is 0 Å². The maximum Gasteiger partial charge on any atom is 4.00 e. The van der Waals surface area contributed by atoms with Crippen LogP contribution in [0.1, 0.15) is 33.6 Å². The van der Waals surface area contributed by atoms with Crippen LogP contribution in [-0.2, 0) is 21.7 Å². The molecule has 2 rings (SSSR count). The molecule has 110 valence electrons. The van der Waals surface area contributed by atoms with Gasteiger partial charge in [0.05, 0.1) is 0 Å². The van der Waals surface area contributed by atoms with Gasteiger partial charge in [0.15, 0.2) is 0 Å². The van der Waals surface area contributed by atoms with Crippen molar-refractivity contribution >= 4 is 14.1 Å². The summed E-state index contributed by atoms with van der Waals surface area (Å²) in [5, 5.41) is 4.48. The van der Waals surface area contributed by atoms with E-state index in [0.717, 1.165) is 12.8 Å². The molecular weight excluding hydrogens is 338 g/mol. The molecule has 0 radical (unpaired) electrons. The molecule has 0 aromatic heterocycles. The van der Waals surface area contributed by atoms with Gasteiger partial charge >= 0.3 is 21.7 Å². The maximum absolute atomic E-state index is 2.99. The van der Waals surface area contributed by atoms with Crippen molar-refractivity contribution in [2.24, 2.45) is 0 Å². The van der Waals surface area contributed by atoms with Gasteiger partial charge in [0.1, 0.15) is 0 Å². The number of hydrogen-bond donors (Lipinski definition) is 0. The SMILES string of the molecule is C[CH2][Al]([CH2]C)[CH2]C.[C-]1=CC=CC1.[C-]1=CC=CC1.[Cl-].[Cl-].[Ti+4]. The Bertz CT molecular complexity index is 222. The Balaban J connectivity index is -0.0000000903. The Labute approximate surface area is 158 Å². The molecule has 2 aliphatic carbocycles. The third-order valence-corrected chi connectivity index (χ3v) is 6.37. The smallest absolute Gasteiger partial charge is 1.00 e. The first kappa shape index (κ1) is 28.9. The quantitative estimate of drug-likeness (QED) is 0.453. The first-order valence-electron chi connectivity index (χ1n) is 6.78. The minimum absolute atomic E-state index is 0. The molecule has 0 aromatic rings. The van der Waals surface area contributed by atoms with Crippen LogP contribution in [0.15, 0.2) is 36.5 Å². The number of hydrogen-bond acceptors (Lipinski definition) is 0. The van der Waals surface area contributed by atoms with Crippen molar-refractivity contribution in [2.45, 2.75) is 49.5 Å². The monoisotopic (exact) mass is 362 g/mol. The van der Waals surface area contributed by atoms with Crippen molar-refractivity contribution in [3.63, 3.8) is 0 Å². The zero-order chi connectivity index (χ0) is 12.8. The van der Waals surface area contributed by atoms with E-state index in [1.165, 1.54) is 15.8 Å². The van der Waals surface area contributed by atoms with Crippen LogP contribution in [0.4, 0.5) is 0 Å². The molecule has 0 N–H and O–H groups in total. The van der Waals surface area contributed by atoms with Gasteiger partial charge in [-0.3, -0.25) is 12.2 Å². The van der Waals surface area contributed by atoms with E-state index < -0.39 is 0 Å². The molecule has 2 aliphatic rings. The standard InChI is InChI=1S/2C5H5.3C2H5.Al.2ClH.Ti/c2*1-2-4-5-3-1;3*1-2;;;;/h2*1-3H,4H2;3*1H2,2H3;;2*1H;/q2*-1;;;;;;;+4/p-2. The summed E-state index contributed by atoms with van der Waals surface area (Å²) in [4.78, 5) is 0. The summed E-state index contributed by atoms with van der Waals surface area (Å²) in [6.45, 7) is 6.97. The molecule has 0 bridgehead atoms. The summed E-state index contributed by atoms with van der Waals surface area (Å²) in [6.07, 6.45) is 20.0. The first-order valence-corrected chi connectivity index (χ1v) is 9.23. The summed E-state index contributed by atoms with van der Waals surface area (Å²) in [6, 6.07) is 0. The molecule has 0 aromatic carbocycles. The van der Waals surface area contributed by atoms with Crippen molar-refractivity contribution < 1.29 is 46.5 Å². The molecule has 0 atom stereocenters. The van der Waals surface area contributed by atoms with Gasteiger partial charge in [0, 0.05) is 0 Å². The van der Waals surface area contributed by atoms with Gasteiger partial charge in [0.25, 0.3) is 14.1 Å². The normalized spacial score (nSPS) is 11.9. The number of halogens is 2. The zero-order valence-electron chi connectivity index (χ0n) is 12.8. The van der Waals surface area contributed by atoms with E-state index in [2.05, 4.69) is 45.1 Å². The third-order valence-electron chi connectivity index (χ3n) is 2.90. The van der Waals surface area contributed by atoms with E-state index in [1.807, 2.05) is 24.3 Å². The summed E-state index contributed by atoms with van der Waals surface area (Å²) in [5.74, 6) is 0. The summed E-state index contributed by atoms with van der Waals surface area (Å²) < 4.78 is 0. The predicted octanol–water partition coefficient (Wildman–Crippen LogP) is -0.842. The van der Waals surface area contributed by atoms with Crippen LogP contribution in [0.5, 0.6) is 0 Å². The molecular formula is C16H25AlCl2Ti. The van der Waals surface area contributed by atoms with Crippen molar-refractivity contribution in [2.75, 3.05) is 0 Å². The molecule has 0 amide bonds. The van der Waals surface area contributed by atoms with Crippen LogP contribution in [-0.4, -0.2) is 14.1 Å². The fourth-order valence-corrected chi connectivity index (χ4v) is 3.28. The summed E-state index contributed by atoms with van der Waals surface area (Å²) in [7, 11) is 0. The van der Waals surface area contributed by atoms with Gasteiger partial charge in [-0.15, -0.1) is 12.8 Å². The van der Waals surface area contributed by atoms with Crippen molar-refractivity contribution in [3.8, 4) is 0 Å². The molecule has 0 unspecified atom stereocenters. The van der Waals surface area contributed by atoms with Crippen molar-refractivity contribution in [3.05, 3.63) is 48.6 Å². The minimum atomic E-state index is -0.171. The Kier molecular flexibility index (Phi) is 35.8. The van der Waals surface area contributed by atoms with Gasteiger partial charge < -0.3 is 24.8 Å². The summed E-state index contributed by atoms with van der Waals surface area (Å²) >= 11 is -0.171. The van der Waals surface area contributed by atoms with Crippen molar-refractivity contribution in [1.82, 2.24) is 0 Å². The molecule has 0 saturated heterocycles. The molecule has 0 saturated carbocycles. The average Bonchev–Trinajstić information content (AvgIpc) is 3.10. The average molecular weight is 363 g/mol. The van der Waals surface area contributed by atoms with E-state index in [1.54, 1.807) is 0 Å². The van der Waals surface area contributed by atoms with Crippen LogP contribution in [0.2, 0.25) is 15.8 Å². The molecule has 0 fully saturated rings. The molecule has 4 heteroatoms. The third kappa shape index (κ3) is 21.1. The van der Waals surface area contributed by atoms with Gasteiger partial charge in [0.2, 0.25) is 0 Å². The Morgan fingerprint density at radius 3 is 1.20 bits per heavy atom.